The fourth-order valence-electron chi connectivity index (χ4n) is 2.43. The molecule has 1 atom stereocenters. The molecule has 1 saturated heterocycles. The summed E-state index contributed by atoms with van der Waals surface area (Å²) in [6, 6.07) is 1.95. The van der Waals surface area contributed by atoms with Crippen LogP contribution in [0.25, 0.3) is 0 Å². The molecule has 2 N–H and O–H groups in total. The zero-order chi connectivity index (χ0) is 13.5. The normalized spacial score (nSPS) is 18.2. The van der Waals surface area contributed by atoms with Crippen molar-refractivity contribution in [1.29, 1.82) is 0 Å². The van der Waals surface area contributed by atoms with Crippen molar-refractivity contribution in [1.82, 2.24) is 14.7 Å². The van der Waals surface area contributed by atoms with E-state index in [1.807, 2.05) is 23.1 Å². The molecule has 1 unspecified atom stereocenters. The van der Waals surface area contributed by atoms with Crippen molar-refractivity contribution >= 4 is 29.9 Å². The van der Waals surface area contributed by atoms with E-state index in [9.17, 15) is 0 Å². The Kier molecular flexibility index (Phi) is 7.94. The summed E-state index contributed by atoms with van der Waals surface area (Å²) in [5, 5.41) is 4.21. The average molecular weight is 391 g/mol. The highest BCUT2D eigenvalue weighted by Gasteiger charge is 2.11. The van der Waals surface area contributed by atoms with E-state index in [2.05, 4.69) is 21.9 Å². The van der Waals surface area contributed by atoms with Crippen LogP contribution in [-0.2, 0) is 6.54 Å². The van der Waals surface area contributed by atoms with Gasteiger partial charge in [0, 0.05) is 38.6 Å². The fourth-order valence-corrected chi connectivity index (χ4v) is 2.43. The monoisotopic (exact) mass is 391 g/mol. The maximum atomic E-state index is 6.09. The Morgan fingerprint density at radius 2 is 2.00 bits per heavy atom. The van der Waals surface area contributed by atoms with Gasteiger partial charge in [0.1, 0.15) is 0 Å². The van der Waals surface area contributed by atoms with Crippen molar-refractivity contribution in [3.05, 3.63) is 18.5 Å². The van der Waals surface area contributed by atoms with Gasteiger partial charge < -0.3 is 10.6 Å². The van der Waals surface area contributed by atoms with Crippen LogP contribution in [0.4, 0.5) is 0 Å². The van der Waals surface area contributed by atoms with E-state index in [0.29, 0.717) is 11.9 Å². The van der Waals surface area contributed by atoms with Gasteiger partial charge in [-0.1, -0.05) is 19.8 Å². The number of nitrogens with zero attached hydrogens (tertiary/aromatic N) is 4. The van der Waals surface area contributed by atoms with E-state index < -0.39 is 0 Å². The number of likely N-dealkylation sites (tertiary alicyclic amines) is 1. The molecule has 5 nitrogen and oxygen atoms in total. The van der Waals surface area contributed by atoms with Gasteiger partial charge in [0.05, 0.1) is 0 Å². The summed E-state index contributed by atoms with van der Waals surface area (Å²) < 4.78 is 1.95. The van der Waals surface area contributed by atoms with Crippen LogP contribution in [0, 0.1) is 5.92 Å². The average Bonchev–Trinajstić information content (AvgIpc) is 2.76. The topological polar surface area (TPSA) is 59.4 Å². The highest BCUT2D eigenvalue weighted by atomic mass is 127. The smallest absolute Gasteiger partial charge is 0.191 e. The Balaban J connectivity index is 0.00000200. The first-order valence-corrected chi connectivity index (χ1v) is 7.28. The third kappa shape index (κ3) is 5.68. The molecule has 1 fully saturated rings. The number of rotatable bonds is 4. The van der Waals surface area contributed by atoms with Gasteiger partial charge in [-0.2, -0.15) is 5.10 Å². The van der Waals surface area contributed by atoms with Crippen LogP contribution in [0.1, 0.15) is 32.6 Å². The van der Waals surface area contributed by atoms with Crippen molar-refractivity contribution in [3.63, 3.8) is 0 Å². The van der Waals surface area contributed by atoms with Gasteiger partial charge in [-0.3, -0.25) is 9.67 Å². The lowest BCUT2D eigenvalue weighted by molar-refractivity contribution is 0.420. The summed E-state index contributed by atoms with van der Waals surface area (Å²) in [6.07, 6.45) is 8.90. The van der Waals surface area contributed by atoms with E-state index in [0.717, 1.165) is 26.2 Å². The zero-order valence-corrected chi connectivity index (χ0v) is 14.6. The first-order chi connectivity index (χ1) is 9.25. The zero-order valence-electron chi connectivity index (χ0n) is 12.2. The Labute approximate surface area is 138 Å². The molecule has 2 rings (SSSR count). The SMILES string of the molecule is CC(CN=C(N)N1CCCCCC1)Cn1cccn1.I. The predicted molar refractivity (Wildman–Crippen MR) is 93.3 cm³/mol. The number of hydrogen-bond acceptors (Lipinski definition) is 2. The van der Waals surface area contributed by atoms with Gasteiger partial charge in [0.15, 0.2) is 5.96 Å². The van der Waals surface area contributed by atoms with E-state index >= 15 is 0 Å². The van der Waals surface area contributed by atoms with Crippen molar-refractivity contribution in [2.45, 2.75) is 39.2 Å². The lowest BCUT2D eigenvalue weighted by Crippen LogP contribution is -2.38. The van der Waals surface area contributed by atoms with Crippen molar-refractivity contribution in [2.75, 3.05) is 19.6 Å². The highest BCUT2D eigenvalue weighted by Crippen LogP contribution is 2.09. The predicted octanol–water partition coefficient (Wildman–Crippen LogP) is 2.33. The molecule has 1 aromatic rings. The van der Waals surface area contributed by atoms with Gasteiger partial charge in [-0.05, 0) is 24.8 Å². The minimum Gasteiger partial charge on any atom is -0.370 e. The second kappa shape index (κ2) is 9.20. The Morgan fingerprint density at radius 3 is 2.60 bits per heavy atom. The Morgan fingerprint density at radius 1 is 1.30 bits per heavy atom. The molecule has 1 aromatic heterocycles. The first kappa shape index (κ1) is 17.3. The molecule has 20 heavy (non-hydrogen) atoms. The van der Waals surface area contributed by atoms with Gasteiger partial charge in [0.25, 0.3) is 0 Å². The largest absolute Gasteiger partial charge is 0.370 e. The molecule has 0 amide bonds. The minimum atomic E-state index is 0. The third-order valence-corrected chi connectivity index (χ3v) is 3.55. The summed E-state index contributed by atoms with van der Waals surface area (Å²) in [5.41, 5.74) is 6.09. The standard InChI is InChI=1S/C14H25N5.HI/c1-13(12-19-10-6-7-17-19)11-16-14(15)18-8-4-2-3-5-9-18;/h6-7,10,13H,2-5,8-9,11-12H2,1H3,(H2,15,16);1H. The van der Waals surface area contributed by atoms with Gasteiger partial charge in [0.2, 0.25) is 0 Å². The molecule has 0 spiro atoms. The number of nitrogens with two attached hydrogens (primary N) is 1. The number of halogens is 1. The molecule has 0 aromatic carbocycles. The van der Waals surface area contributed by atoms with E-state index in [-0.39, 0.29) is 24.0 Å². The van der Waals surface area contributed by atoms with Crippen LogP contribution in [0.15, 0.2) is 23.5 Å². The van der Waals surface area contributed by atoms with Crippen LogP contribution >= 0.6 is 24.0 Å². The number of guanidine groups is 1. The maximum Gasteiger partial charge on any atom is 0.191 e. The molecule has 114 valence electrons. The summed E-state index contributed by atoms with van der Waals surface area (Å²) in [4.78, 5) is 6.78. The van der Waals surface area contributed by atoms with Gasteiger partial charge in [-0.25, -0.2) is 0 Å². The number of hydrogen-bond donors (Lipinski definition) is 1. The van der Waals surface area contributed by atoms with Crippen LogP contribution in [0.5, 0.6) is 0 Å². The second-order valence-corrected chi connectivity index (χ2v) is 5.43. The highest BCUT2D eigenvalue weighted by molar-refractivity contribution is 14.0. The molecule has 0 aliphatic carbocycles. The quantitative estimate of drug-likeness (QED) is 0.487. The molecule has 1 aliphatic heterocycles. The Bertz CT molecular complexity index is 382. The molecular formula is C14H26IN5. The lowest BCUT2D eigenvalue weighted by Gasteiger charge is -2.21. The Hall–Kier alpha value is -0.790. The van der Waals surface area contributed by atoms with Crippen molar-refractivity contribution in [3.8, 4) is 0 Å². The molecule has 0 bridgehead atoms. The minimum absolute atomic E-state index is 0. The lowest BCUT2D eigenvalue weighted by atomic mass is 10.2. The first-order valence-electron chi connectivity index (χ1n) is 7.28. The van der Waals surface area contributed by atoms with Gasteiger partial charge >= 0.3 is 0 Å². The molecular weight excluding hydrogens is 365 g/mol. The van der Waals surface area contributed by atoms with Crippen LogP contribution < -0.4 is 5.73 Å². The van der Waals surface area contributed by atoms with Crippen LogP contribution in [0.2, 0.25) is 0 Å². The number of aromatic nitrogens is 2. The molecule has 2 heterocycles. The second-order valence-electron chi connectivity index (χ2n) is 5.43. The molecule has 0 radical (unpaired) electrons. The van der Waals surface area contributed by atoms with Crippen molar-refractivity contribution in [2.24, 2.45) is 16.6 Å². The maximum absolute atomic E-state index is 6.09. The van der Waals surface area contributed by atoms with Gasteiger partial charge in [-0.15, -0.1) is 24.0 Å². The van der Waals surface area contributed by atoms with Crippen molar-refractivity contribution < 1.29 is 0 Å². The third-order valence-electron chi connectivity index (χ3n) is 3.55. The molecule has 0 saturated carbocycles. The molecule has 1 aliphatic rings. The summed E-state index contributed by atoms with van der Waals surface area (Å²) in [6.45, 7) is 5.96. The van der Waals surface area contributed by atoms with Crippen LogP contribution in [0.3, 0.4) is 0 Å². The van der Waals surface area contributed by atoms with Crippen LogP contribution in [-0.4, -0.2) is 40.3 Å². The van der Waals surface area contributed by atoms with E-state index in [4.69, 9.17) is 5.73 Å². The number of aliphatic imine (C=N–C) groups is 1. The van der Waals surface area contributed by atoms with E-state index in [1.54, 1.807) is 0 Å². The fraction of sp³-hybridized carbons (Fsp3) is 0.714. The van der Waals surface area contributed by atoms with E-state index in [1.165, 1.54) is 25.7 Å². The molecule has 6 heteroatoms. The summed E-state index contributed by atoms with van der Waals surface area (Å²) in [7, 11) is 0. The summed E-state index contributed by atoms with van der Waals surface area (Å²) >= 11 is 0. The summed E-state index contributed by atoms with van der Waals surface area (Å²) in [5.74, 6) is 1.17.